The monoisotopic (exact) mass is 432 g/mol. The Bertz CT molecular complexity index is 823. The maximum atomic E-state index is 13.6. The maximum absolute atomic E-state index is 13.6. The van der Waals surface area contributed by atoms with E-state index in [0.717, 1.165) is 37.9 Å². The molecule has 2 saturated heterocycles. The van der Waals surface area contributed by atoms with Gasteiger partial charge >= 0.3 is 0 Å². The van der Waals surface area contributed by atoms with E-state index in [-0.39, 0.29) is 11.7 Å². The van der Waals surface area contributed by atoms with Gasteiger partial charge in [-0.3, -0.25) is 0 Å². The summed E-state index contributed by atoms with van der Waals surface area (Å²) in [5, 5.41) is 0. The van der Waals surface area contributed by atoms with Crippen molar-refractivity contribution in [1.29, 1.82) is 0 Å². The molecule has 0 aromatic carbocycles. The second kappa shape index (κ2) is 11.3. The Morgan fingerprint density at radius 2 is 1.35 bits per heavy atom. The zero-order valence-electron chi connectivity index (χ0n) is 18.9. The van der Waals surface area contributed by atoms with Crippen LogP contribution in [0.15, 0.2) is 18.5 Å². The second-order valence-electron chi connectivity index (χ2n) is 8.18. The van der Waals surface area contributed by atoms with Crippen LogP contribution < -0.4 is 9.80 Å². The molecule has 4 rings (SSSR count). The van der Waals surface area contributed by atoms with Crippen molar-refractivity contribution in [2.45, 2.75) is 39.5 Å². The molecule has 0 radical (unpaired) electrons. The Hall–Kier alpha value is -2.39. The van der Waals surface area contributed by atoms with Crippen LogP contribution in [0.1, 0.15) is 51.2 Å². The average Bonchev–Trinajstić information content (AvgIpc) is 2.81. The topological polar surface area (TPSA) is 76.5 Å². The molecule has 8 nitrogen and oxygen atoms in total. The summed E-state index contributed by atoms with van der Waals surface area (Å²) in [6.07, 6.45) is 3.10. The quantitative estimate of drug-likeness (QED) is 0.730. The molecule has 9 heteroatoms. The summed E-state index contributed by atoms with van der Waals surface area (Å²) in [7, 11) is 0. The summed E-state index contributed by atoms with van der Waals surface area (Å²) in [5.41, 5.74) is 0. The first-order valence-corrected chi connectivity index (χ1v) is 11.0. The van der Waals surface area contributed by atoms with Crippen molar-refractivity contribution in [3.8, 4) is 0 Å². The first kappa shape index (κ1) is 23.3. The lowest BCUT2D eigenvalue weighted by Crippen LogP contribution is -2.37. The number of hydrogen-bond donors (Lipinski definition) is 0. The molecule has 0 unspecified atom stereocenters. The van der Waals surface area contributed by atoms with E-state index in [4.69, 9.17) is 9.47 Å². The fourth-order valence-electron chi connectivity index (χ4n) is 3.26. The minimum Gasteiger partial charge on any atom is -0.378 e. The van der Waals surface area contributed by atoms with Gasteiger partial charge in [0.1, 0.15) is 17.5 Å². The van der Waals surface area contributed by atoms with Gasteiger partial charge in [0.05, 0.1) is 32.6 Å². The summed E-state index contributed by atoms with van der Waals surface area (Å²) < 4.78 is 24.2. The Balaban J connectivity index is 0.000000176. The van der Waals surface area contributed by atoms with Gasteiger partial charge in [0.2, 0.25) is 0 Å². The Labute approximate surface area is 183 Å². The highest BCUT2D eigenvalue weighted by Gasteiger charge is 2.18. The van der Waals surface area contributed by atoms with E-state index < -0.39 is 0 Å². The number of aromatic nitrogens is 4. The fourth-order valence-corrected chi connectivity index (χ4v) is 3.26. The van der Waals surface area contributed by atoms with Crippen molar-refractivity contribution in [2.75, 3.05) is 62.4 Å². The van der Waals surface area contributed by atoms with Crippen molar-refractivity contribution in [3.63, 3.8) is 0 Å². The van der Waals surface area contributed by atoms with Crippen LogP contribution in [0.3, 0.4) is 0 Å². The third-order valence-electron chi connectivity index (χ3n) is 5.08. The van der Waals surface area contributed by atoms with Crippen LogP contribution in [-0.4, -0.2) is 72.5 Å². The number of hydrogen-bond acceptors (Lipinski definition) is 8. The normalized spacial score (nSPS) is 17.0. The van der Waals surface area contributed by atoms with Gasteiger partial charge in [0.15, 0.2) is 11.6 Å². The lowest BCUT2D eigenvalue weighted by atomic mass is 10.2. The molecular weight excluding hydrogens is 399 g/mol. The van der Waals surface area contributed by atoms with Gasteiger partial charge in [0, 0.05) is 44.2 Å². The molecule has 31 heavy (non-hydrogen) atoms. The van der Waals surface area contributed by atoms with Crippen molar-refractivity contribution >= 4 is 11.6 Å². The molecule has 0 N–H and O–H groups in total. The van der Waals surface area contributed by atoms with E-state index in [1.165, 1.54) is 6.20 Å². The van der Waals surface area contributed by atoms with E-state index in [1.54, 1.807) is 0 Å². The summed E-state index contributed by atoms with van der Waals surface area (Å²) >= 11 is 0. The highest BCUT2D eigenvalue weighted by Crippen LogP contribution is 2.19. The van der Waals surface area contributed by atoms with E-state index in [1.807, 2.05) is 31.0 Å². The van der Waals surface area contributed by atoms with Crippen molar-refractivity contribution in [3.05, 3.63) is 35.9 Å². The fraction of sp³-hybridized carbons (Fsp3) is 0.636. The molecule has 0 bridgehead atoms. The van der Waals surface area contributed by atoms with Gasteiger partial charge in [-0.05, 0) is 6.07 Å². The number of rotatable bonds is 4. The first-order chi connectivity index (χ1) is 15.0. The predicted molar refractivity (Wildman–Crippen MR) is 118 cm³/mol. The number of ether oxygens (including phenoxy) is 2. The van der Waals surface area contributed by atoms with Gasteiger partial charge in [-0.1, -0.05) is 27.7 Å². The van der Waals surface area contributed by atoms with Gasteiger partial charge < -0.3 is 19.3 Å². The van der Waals surface area contributed by atoms with Crippen molar-refractivity contribution in [2.24, 2.45) is 0 Å². The molecule has 2 aromatic heterocycles. The summed E-state index contributed by atoms with van der Waals surface area (Å²) in [5.74, 6) is 3.26. The zero-order chi connectivity index (χ0) is 22.2. The van der Waals surface area contributed by atoms with Crippen LogP contribution in [0.5, 0.6) is 0 Å². The lowest BCUT2D eigenvalue weighted by Gasteiger charge is -2.28. The minimum absolute atomic E-state index is 0.209. The Morgan fingerprint density at radius 1 is 0.806 bits per heavy atom. The minimum atomic E-state index is -0.355. The molecule has 4 heterocycles. The van der Waals surface area contributed by atoms with E-state index in [2.05, 4.69) is 38.7 Å². The van der Waals surface area contributed by atoms with E-state index >= 15 is 0 Å². The third-order valence-corrected chi connectivity index (χ3v) is 5.08. The molecular formula is C22H33FN6O2. The molecule has 0 atom stereocenters. The first-order valence-electron chi connectivity index (χ1n) is 11.0. The lowest BCUT2D eigenvalue weighted by molar-refractivity contribution is 0.122. The number of nitrogens with zero attached hydrogens (tertiary/aromatic N) is 6. The van der Waals surface area contributed by atoms with Gasteiger partial charge in [-0.25, -0.2) is 24.3 Å². The van der Waals surface area contributed by atoms with Crippen LogP contribution in [0.2, 0.25) is 0 Å². The molecule has 0 spiro atoms. The smallest absolute Gasteiger partial charge is 0.183 e. The van der Waals surface area contributed by atoms with E-state index in [0.29, 0.717) is 43.9 Å². The number of morpholine rings is 2. The Kier molecular flexibility index (Phi) is 8.48. The molecule has 2 aliphatic rings. The molecule has 170 valence electrons. The van der Waals surface area contributed by atoms with Crippen LogP contribution in [-0.2, 0) is 9.47 Å². The number of anilines is 2. The third kappa shape index (κ3) is 6.54. The van der Waals surface area contributed by atoms with Crippen molar-refractivity contribution in [1.82, 2.24) is 19.9 Å². The highest BCUT2D eigenvalue weighted by atomic mass is 19.1. The SMILES string of the molecule is CC(C)c1ncc(F)c(N2CCOCC2)n1.CC(C)c1nccc(N2CCOCC2)n1. The van der Waals surface area contributed by atoms with Gasteiger partial charge in [-0.15, -0.1) is 0 Å². The summed E-state index contributed by atoms with van der Waals surface area (Å²) in [4.78, 5) is 21.2. The zero-order valence-corrected chi connectivity index (χ0v) is 18.9. The molecule has 2 fully saturated rings. The molecule has 0 amide bonds. The molecule has 0 saturated carbocycles. The standard InChI is InChI=1S/C11H16FN3O.C11H17N3O/c1-8(2)10-13-7-9(12)11(14-10)15-3-5-16-6-4-15;1-9(2)11-12-4-3-10(13-11)14-5-7-15-8-6-14/h7-8H,3-6H2,1-2H3;3-4,9H,5-8H2,1-2H3. The van der Waals surface area contributed by atoms with Crippen LogP contribution in [0.4, 0.5) is 16.0 Å². The summed E-state index contributed by atoms with van der Waals surface area (Å²) in [6.45, 7) is 14.3. The second-order valence-corrected chi connectivity index (χ2v) is 8.18. The molecule has 0 aliphatic carbocycles. The number of halogens is 1. The van der Waals surface area contributed by atoms with Crippen LogP contribution in [0.25, 0.3) is 0 Å². The van der Waals surface area contributed by atoms with Gasteiger partial charge in [0.25, 0.3) is 0 Å². The highest BCUT2D eigenvalue weighted by molar-refractivity contribution is 5.40. The molecule has 2 aromatic rings. The molecule has 2 aliphatic heterocycles. The van der Waals surface area contributed by atoms with Crippen LogP contribution in [0, 0.1) is 5.82 Å². The maximum Gasteiger partial charge on any atom is 0.183 e. The summed E-state index contributed by atoms with van der Waals surface area (Å²) in [6, 6.07) is 1.97. The van der Waals surface area contributed by atoms with E-state index in [9.17, 15) is 4.39 Å². The largest absolute Gasteiger partial charge is 0.378 e. The predicted octanol–water partition coefficient (Wildman–Crippen LogP) is 3.01. The van der Waals surface area contributed by atoms with Crippen LogP contribution >= 0.6 is 0 Å². The van der Waals surface area contributed by atoms with Gasteiger partial charge in [-0.2, -0.15) is 0 Å². The van der Waals surface area contributed by atoms with Crippen molar-refractivity contribution < 1.29 is 13.9 Å². The Morgan fingerprint density at radius 3 is 1.94 bits per heavy atom. The average molecular weight is 433 g/mol.